The van der Waals surface area contributed by atoms with Gasteiger partial charge in [0.15, 0.2) is 5.78 Å². The summed E-state index contributed by atoms with van der Waals surface area (Å²) in [7, 11) is 0. The molecule has 4 nitrogen and oxygen atoms in total. The number of carbonyl (C=O) groups excluding carboxylic acids is 2. The fraction of sp³-hybridized carbons (Fsp3) is 0.226. The van der Waals surface area contributed by atoms with E-state index >= 15 is 0 Å². The number of allylic oxidation sites excluding steroid dienone is 3. The topological polar surface area (TPSA) is 55.4 Å². The number of ketones is 1. The molecule has 0 saturated heterocycles. The molecule has 0 unspecified atom stereocenters. The second kappa shape index (κ2) is 10.7. The van der Waals surface area contributed by atoms with Crippen LogP contribution in [0.1, 0.15) is 48.3 Å². The van der Waals surface area contributed by atoms with Gasteiger partial charge in [-0.1, -0.05) is 88.7 Å². The standard InChI is InChI=1S/C31H28BrNO3/c1-20-28(31(35)36-16-15-21-9-4-2-5-10-21)29(23-13-8-14-25(32)17-23)30-26(33-20)18-24(19-27(30)34)22-11-6-3-7-12-22/h2-14,17,24,29,33H,15-16,18-19H2,1H3/t24-,29+/m0/s1. The third-order valence-electron chi connectivity index (χ3n) is 6.97. The van der Waals surface area contributed by atoms with Crippen molar-refractivity contribution in [1.82, 2.24) is 5.32 Å². The van der Waals surface area contributed by atoms with Crippen LogP contribution < -0.4 is 5.32 Å². The summed E-state index contributed by atoms with van der Waals surface area (Å²) in [5, 5.41) is 3.43. The predicted octanol–water partition coefficient (Wildman–Crippen LogP) is 6.60. The summed E-state index contributed by atoms with van der Waals surface area (Å²) in [6.45, 7) is 2.18. The van der Waals surface area contributed by atoms with Gasteiger partial charge in [0.1, 0.15) is 0 Å². The molecule has 0 saturated carbocycles. The first-order valence-corrected chi connectivity index (χ1v) is 13.1. The SMILES string of the molecule is CC1=C(C(=O)OCCc2ccccc2)[C@@H](c2cccc(Br)c2)C2=C(C[C@H](c3ccccc3)CC2=O)N1. The Morgan fingerprint density at radius 3 is 2.36 bits per heavy atom. The first kappa shape index (κ1) is 24.3. The fourth-order valence-corrected chi connectivity index (χ4v) is 5.69. The van der Waals surface area contributed by atoms with Crippen molar-refractivity contribution in [3.63, 3.8) is 0 Å². The summed E-state index contributed by atoms with van der Waals surface area (Å²) >= 11 is 3.56. The van der Waals surface area contributed by atoms with Gasteiger partial charge in [-0.05, 0) is 48.1 Å². The summed E-state index contributed by atoms with van der Waals surface area (Å²) < 4.78 is 6.66. The van der Waals surface area contributed by atoms with E-state index in [1.165, 1.54) is 0 Å². The number of ether oxygens (including phenoxy) is 1. The summed E-state index contributed by atoms with van der Waals surface area (Å²) in [5.74, 6) is -0.664. The van der Waals surface area contributed by atoms with Crippen LogP contribution in [0.3, 0.4) is 0 Å². The van der Waals surface area contributed by atoms with Gasteiger partial charge in [-0.25, -0.2) is 4.79 Å². The van der Waals surface area contributed by atoms with Crippen molar-refractivity contribution >= 4 is 27.7 Å². The number of dihydropyridines is 1. The molecule has 2 aliphatic rings. The zero-order valence-corrected chi connectivity index (χ0v) is 21.8. The molecule has 0 radical (unpaired) electrons. The van der Waals surface area contributed by atoms with E-state index in [1.54, 1.807) is 0 Å². The molecule has 0 aromatic heterocycles. The van der Waals surface area contributed by atoms with Crippen molar-refractivity contribution in [2.24, 2.45) is 0 Å². The monoisotopic (exact) mass is 541 g/mol. The van der Waals surface area contributed by atoms with Crippen molar-refractivity contribution in [2.45, 2.75) is 38.0 Å². The molecule has 0 amide bonds. The normalized spacial score (nSPS) is 19.6. The molecule has 0 fully saturated rings. The number of Topliss-reactive ketones (excluding diaryl/α,β-unsaturated/α-hetero) is 1. The minimum Gasteiger partial charge on any atom is -0.462 e. The van der Waals surface area contributed by atoms with Crippen LogP contribution >= 0.6 is 15.9 Å². The smallest absolute Gasteiger partial charge is 0.336 e. The number of carbonyl (C=O) groups is 2. The van der Waals surface area contributed by atoms with Crippen LogP contribution in [0.15, 0.2) is 112 Å². The van der Waals surface area contributed by atoms with Gasteiger partial charge < -0.3 is 10.1 Å². The highest BCUT2D eigenvalue weighted by Crippen LogP contribution is 2.46. The Bertz CT molecular complexity index is 1340. The minimum absolute atomic E-state index is 0.0738. The quantitative estimate of drug-likeness (QED) is 0.357. The maximum Gasteiger partial charge on any atom is 0.336 e. The van der Waals surface area contributed by atoms with E-state index in [4.69, 9.17) is 4.74 Å². The van der Waals surface area contributed by atoms with E-state index in [1.807, 2.05) is 79.7 Å². The number of esters is 1. The van der Waals surface area contributed by atoms with Crippen molar-refractivity contribution in [1.29, 1.82) is 0 Å². The summed E-state index contributed by atoms with van der Waals surface area (Å²) in [4.78, 5) is 27.1. The Hall–Kier alpha value is -3.44. The highest BCUT2D eigenvalue weighted by atomic mass is 79.9. The number of nitrogens with one attached hydrogen (secondary N) is 1. The Morgan fingerprint density at radius 2 is 1.64 bits per heavy atom. The molecular formula is C31H28BrNO3. The van der Waals surface area contributed by atoms with Crippen LogP contribution in [0, 0.1) is 0 Å². The van der Waals surface area contributed by atoms with Gasteiger partial charge in [0.25, 0.3) is 0 Å². The van der Waals surface area contributed by atoms with Crippen molar-refractivity contribution in [2.75, 3.05) is 6.61 Å². The lowest BCUT2D eigenvalue weighted by atomic mass is 9.72. The van der Waals surface area contributed by atoms with Gasteiger partial charge in [-0.3, -0.25) is 4.79 Å². The molecule has 2 atom stereocenters. The lowest BCUT2D eigenvalue weighted by molar-refractivity contribution is -0.139. The molecule has 1 N–H and O–H groups in total. The highest BCUT2D eigenvalue weighted by Gasteiger charge is 2.41. The van der Waals surface area contributed by atoms with Gasteiger partial charge in [0.05, 0.1) is 12.2 Å². The molecule has 182 valence electrons. The molecule has 5 heteroatoms. The third-order valence-corrected chi connectivity index (χ3v) is 7.46. The number of halogens is 1. The van der Waals surface area contributed by atoms with Crippen molar-refractivity contribution < 1.29 is 14.3 Å². The van der Waals surface area contributed by atoms with E-state index in [0.29, 0.717) is 24.0 Å². The van der Waals surface area contributed by atoms with Crippen LogP contribution in [-0.4, -0.2) is 18.4 Å². The van der Waals surface area contributed by atoms with Crippen LogP contribution in [0.5, 0.6) is 0 Å². The molecule has 1 aliphatic carbocycles. The van der Waals surface area contributed by atoms with E-state index in [2.05, 4.69) is 33.4 Å². The maximum atomic E-state index is 13.7. The van der Waals surface area contributed by atoms with Crippen molar-refractivity contribution in [3.05, 3.63) is 129 Å². The Morgan fingerprint density at radius 1 is 0.944 bits per heavy atom. The van der Waals surface area contributed by atoms with Gasteiger partial charge >= 0.3 is 5.97 Å². The van der Waals surface area contributed by atoms with Crippen LogP contribution in [-0.2, 0) is 20.7 Å². The average molecular weight is 542 g/mol. The van der Waals surface area contributed by atoms with Crippen molar-refractivity contribution in [3.8, 4) is 0 Å². The maximum absolute atomic E-state index is 13.7. The van der Waals surface area contributed by atoms with Crippen LogP contribution in [0.4, 0.5) is 0 Å². The second-order valence-electron chi connectivity index (χ2n) is 9.35. The second-order valence-corrected chi connectivity index (χ2v) is 10.3. The van der Waals surface area contributed by atoms with Gasteiger partial charge in [0.2, 0.25) is 0 Å². The molecule has 1 heterocycles. The minimum atomic E-state index is -0.466. The third kappa shape index (κ3) is 5.07. The first-order chi connectivity index (χ1) is 17.5. The molecule has 3 aromatic carbocycles. The van der Waals surface area contributed by atoms with Crippen LogP contribution in [0.25, 0.3) is 0 Å². The zero-order valence-electron chi connectivity index (χ0n) is 20.2. The van der Waals surface area contributed by atoms with Gasteiger partial charge in [0, 0.05) is 40.2 Å². The van der Waals surface area contributed by atoms with E-state index in [9.17, 15) is 9.59 Å². The Kier molecular flexibility index (Phi) is 7.19. The highest BCUT2D eigenvalue weighted by molar-refractivity contribution is 9.10. The number of hydrogen-bond acceptors (Lipinski definition) is 4. The molecule has 0 bridgehead atoms. The molecule has 1 aliphatic heterocycles. The molecule has 0 spiro atoms. The molecule has 36 heavy (non-hydrogen) atoms. The zero-order chi connectivity index (χ0) is 25.1. The predicted molar refractivity (Wildman–Crippen MR) is 144 cm³/mol. The van der Waals surface area contributed by atoms with Crippen LogP contribution in [0.2, 0.25) is 0 Å². The molecule has 3 aromatic rings. The number of rotatable bonds is 6. The molecule has 5 rings (SSSR count). The van der Waals surface area contributed by atoms with Gasteiger partial charge in [-0.2, -0.15) is 0 Å². The molecular weight excluding hydrogens is 514 g/mol. The summed E-state index contributed by atoms with van der Waals surface area (Å²) in [6.07, 6.45) is 1.78. The summed E-state index contributed by atoms with van der Waals surface area (Å²) in [5.41, 5.74) is 6.01. The number of benzene rings is 3. The van der Waals surface area contributed by atoms with E-state index in [0.717, 1.165) is 39.0 Å². The largest absolute Gasteiger partial charge is 0.462 e. The lowest BCUT2D eigenvalue weighted by Gasteiger charge is -2.36. The van der Waals surface area contributed by atoms with Gasteiger partial charge in [-0.15, -0.1) is 0 Å². The van der Waals surface area contributed by atoms with E-state index < -0.39 is 5.92 Å². The Balaban J connectivity index is 1.47. The lowest BCUT2D eigenvalue weighted by Crippen LogP contribution is -2.36. The first-order valence-electron chi connectivity index (χ1n) is 12.3. The number of hydrogen-bond donors (Lipinski definition) is 1. The summed E-state index contributed by atoms with van der Waals surface area (Å²) in [6, 6.07) is 28.0. The average Bonchev–Trinajstić information content (AvgIpc) is 2.89. The Labute approximate surface area is 220 Å². The fourth-order valence-electron chi connectivity index (χ4n) is 5.27. The van der Waals surface area contributed by atoms with E-state index in [-0.39, 0.29) is 24.3 Å².